The van der Waals surface area contributed by atoms with Gasteiger partial charge in [-0.05, 0) is 19.3 Å². The van der Waals surface area contributed by atoms with Gasteiger partial charge in [0.05, 0.1) is 5.92 Å². The first kappa shape index (κ1) is 19.3. The van der Waals surface area contributed by atoms with Gasteiger partial charge in [-0.1, -0.05) is 37.4 Å². The standard InChI is InChI=1S/C19H30N4O2S/c1-22-12-10-21-19(22)26-13-11-20-18(25)15-8-9-17(24)23(14-15)16-6-4-2-3-5-7-16/h10,12,15-16H,2-9,11,13-14H2,1H3,(H,20,25)/t15-/m1/s1. The van der Waals surface area contributed by atoms with Crippen molar-refractivity contribution < 1.29 is 9.59 Å². The second-order valence-corrected chi connectivity index (χ2v) is 8.45. The van der Waals surface area contributed by atoms with Crippen molar-refractivity contribution in [3.05, 3.63) is 12.4 Å². The number of nitrogens with one attached hydrogen (secondary N) is 1. The number of rotatable bonds is 6. The largest absolute Gasteiger partial charge is 0.355 e. The van der Waals surface area contributed by atoms with Gasteiger partial charge in [0.1, 0.15) is 0 Å². The maximum absolute atomic E-state index is 12.6. The number of thioether (sulfide) groups is 1. The number of hydrogen-bond donors (Lipinski definition) is 1. The summed E-state index contributed by atoms with van der Waals surface area (Å²) >= 11 is 1.64. The van der Waals surface area contributed by atoms with Gasteiger partial charge in [0.2, 0.25) is 11.8 Å². The van der Waals surface area contributed by atoms with E-state index in [1.165, 1.54) is 25.7 Å². The average molecular weight is 379 g/mol. The van der Waals surface area contributed by atoms with Crippen LogP contribution in [0.25, 0.3) is 0 Å². The first-order valence-electron chi connectivity index (χ1n) is 9.82. The maximum Gasteiger partial charge on any atom is 0.224 e. The predicted octanol–water partition coefficient (Wildman–Crippen LogP) is 2.59. The second-order valence-electron chi connectivity index (χ2n) is 7.39. The predicted molar refractivity (Wildman–Crippen MR) is 103 cm³/mol. The molecule has 0 bridgehead atoms. The highest BCUT2D eigenvalue weighted by Gasteiger charge is 2.34. The number of aryl methyl sites for hydroxylation is 1. The highest BCUT2D eigenvalue weighted by atomic mass is 32.2. The summed E-state index contributed by atoms with van der Waals surface area (Å²) in [5, 5.41) is 4.01. The summed E-state index contributed by atoms with van der Waals surface area (Å²) in [6, 6.07) is 0.347. The Hall–Kier alpha value is -1.50. The van der Waals surface area contributed by atoms with Crippen LogP contribution in [0.1, 0.15) is 51.4 Å². The van der Waals surface area contributed by atoms with Crippen molar-refractivity contribution in [1.29, 1.82) is 0 Å². The zero-order valence-corrected chi connectivity index (χ0v) is 16.5. The molecule has 1 aromatic rings. The van der Waals surface area contributed by atoms with E-state index in [9.17, 15) is 9.59 Å². The van der Waals surface area contributed by atoms with Gasteiger partial charge < -0.3 is 14.8 Å². The number of carbonyl (C=O) groups excluding carboxylic acids is 2. The van der Waals surface area contributed by atoms with Gasteiger partial charge in [-0.15, -0.1) is 0 Å². The lowest BCUT2D eigenvalue weighted by atomic mass is 9.93. The second kappa shape index (κ2) is 9.44. The third-order valence-corrected chi connectivity index (χ3v) is 6.55. The van der Waals surface area contributed by atoms with E-state index in [1.54, 1.807) is 18.0 Å². The molecule has 1 saturated heterocycles. The molecule has 6 nitrogen and oxygen atoms in total. The minimum Gasteiger partial charge on any atom is -0.355 e. The van der Waals surface area contributed by atoms with Gasteiger partial charge in [-0.2, -0.15) is 0 Å². The third-order valence-electron chi connectivity index (χ3n) is 5.49. The van der Waals surface area contributed by atoms with Crippen molar-refractivity contribution in [1.82, 2.24) is 19.8 Å². The lowest BCUT2D eigenvalue weighted by Gasteiger charge is -2.37. The van der Waals surface area contributed by atoms with E-state index in [1.807, 2.05) is 22.7 Å². The summed E-state index contributed by atoms with van der Waals surface area (Å²) in [4.78, 5) is 31.2. The van der Waals surface area contributed by atoms with Gasteiger partial charge in [0.25, 0.3) is 0 Å². The molecule has 144 valence electrons. The molecule has 1 aromatic heterocycles. The van der Waals surface area contributed by atoms with Crippen LogP contribution < -0.4 is 5.32 Å². The van der Waals surface area contributed by atoms with Crippen LogP contribution >= 0.6 is 11.8 Å². The highest BCUT2D eigenvalue weighted by molar-refractivity contribution is 7.99. The Labute approximate surface area is 160 Å². The van der Waals surface area contributed by atoms with E-state index in [-0.39, 0.29) is 17.7 Å². The Morgan fingerprint density at radius 3 is 2.73 bits per heavy atom. The van der Waals surface area contributed by atoms with Crippen LogP contribution in [0.3, 0.4) is 0 Å². The fourth-order valence-corrected chi connectivity index (χ4v) is 4.75. The van der Waals surface area contributed by atoms with Crippen molar-refractivity contribution >= 4 is 23.6 Å². The molecular formula is C19H30N4O2S. The number of aromatic nitrogens is 2. The molecule has 0 unspecified atom stereocenters. The summed E-state index contributed by atoms with van der Waals surface area (Å²) in [6.45, 7) is 1.23. The molecule has 2 fully saturated rings. The van der Waals surface area contributed by atoms with Crippen LogP contribution in [0.5, 0.6) is 0 Å². The zero-order chi connectivity index (χ0) is 18.4. The van der Waals surface area contributed by atoms with E-state index >= 15 is 0 Å². The molecule has 0 aromatic carbocycles. The first-order valence-corrected chi connectivity index (χ1v) is 10.8. The van der Waals surface area contributed by atoms with E-state index < -0.39 is 0 Å². The molecule has 3 rings (SSSR count). The molecule has 0 spiro atoms. The maximum atomic E-state index is 12.6. The number of likely N-dealkylation sites (tertiary alicyclic amines) is 1. The van der Waals surface area contributed by atoms with Crippen LogP contribution in [-0.2, 0) is 16.6 Å². The van der Waals surface area contributed by atoms with Gasteiger partial charge in [0.15, 0.2) is 5.16 Å². The first-order chi connectivity index (χ1) is 12.6. The Kier molecular flexibility index (Phi) is 7.00. The van der Waals surface area contributed by atoms with Crippen molar-refractivity contribution in [3.63, 3.8) is 0 Å². The van der Waals surface area contributed by atoms with Gasteiger partial charge >= 0.3 is 0 Å². The monoisotopic (exact) mass is 378 g/mol. The molecule has 26 heavy (non-hydrogen) atoms. The zero-order valence-electron chi connectivity index (χ0n) is 15.7. The Morgan fingerprint density at radius 2 is 2.04 bits per heavy atom. The van der Waals surface area contributed by atoms with Crippen LogP contribution in [0.2, 0.25) is 0 Å². The topological polar surface area (TPSA) is 67.2 Å². The number of piperidine rings is 1. The van der Waals surface area contributed by atoms with Crippen molar-refractivity contribution in [3.8, 4) is 0 Å². The smallest absolute Gasteiger partial charge is 0.224 e. The van der Waals surface area contributed by atoms with E-state index in [4.69, 9.17) is 0 Å². The number of imidazole rings is 1. The molecule has 2 heterocycles. The average Bonchev–Trinajstić information content (AvgIpc) is 2.88. The third kappa shape index (κ3) is 5.02. The van der Waals surface area contributed by atoms with Gasteiger partial charge in [0, 0.05) is 50.7 Å². The SMILES string of the molecule is Cn1ccnc1SCCNC(=O)[C@@H]1CCC(=O)N(C2CCCCCC2)C1. The molecule has 1 atom stereocenters. The van der Waals surface area contributed by atoms with E-state index in [2.05, 4.69) is 10.3 Å². The summed E-state index contributed by atoms with van der Waals surface area (Å²) in [5.74, 6) is 1.08. The lowest BCUT2D eigenvalue weighted by molar-refractivity contribution is -0.141. The summed E-state index contributed by atoms with van der Waals surface area (Å²) in [7, 11) is 1.97. The molecule has 1 saturated carbocycles. The van der Waals surface area contributed by atoms with E-state index in [0.717, 1.165) is 23.8 Å². The Bertz CT molecular complexity index is 610. The van der Waals surface area contributed by atoms with Gasteiger partial charge in [-0.3, -0.25) is 9.59 Å². The quantitative estimate of drug-likeness (QED) is 0.469. The fraction of sp³-hybridized carbons (Fsp3) is 0.737. The van der Waals surface area contributed by atoms with Crippen LogP contribution in [-0.4, -0.2) is 51.1 Å². The Balaban J connectivity index is 1.44. The molecular weight excluding hydrogens is 348 g/mol. The van der Waals surface area contributed by atoms with Gasteiger partial charge in [-0.25, -0.2) is 4.98 Å². The number of amides is 2. The Morgan fingerprint density at radius 1 is 1.27 bits per heavy atom. The molecule has 1 N–H and O–H groups in total. The van der Waals surface area contributed by atoms with Crippen LogP contribution in [0.15, 0.2) is 17.6 Å². The minimum absolute atomic E-state index is 0.0610. The van der Waals surface area contributed by atoms with Crippen molar-refractivity contribution in [2.45, 2.75) is 62.6 Å². The molecule has 1 aliphatic heterocycles. The number of carbonyl (C=O) groups is 2. The fourth-order valence-electron chi connectivity index (χ4n) is 3.96. The summed E-state index contributed by atoms with van der Waals surface area (Å²) < 4.78 is 1.98. The number of hydrogen-bond acceptors (Lipinski definition) is 4. The van der Waals surface area contributed by atoms with Crippen molar-refractivity contribution in [2.75, 3.05) is 18.8 Å². The van der Waals surface area contributed by atoms with Crippen LogP contribution in [0, 0.1) is 5.92 Å². The van der Waals surface area contributed by atoms with E-state index in [0.29, 0.717) is 32.0 Å². The molecule has 0 radical (unpaired) electrons. The minimum atomic E-state index is -0.0610. The van der Waals surface area contributed by atoms with Crippen LogP contribution in [0.4, 0.5) is 0 Å². The number of nitrogens with zero attached hydrogens (tertiary/aromatic N) is 3. The summed E-state index contributed by atoms with van der Waals surface area (Å²) in [5.41, 5.74) is 0. The lowest BCUT2D eigenvalue weighted by Crippen LogP contribution is -2.50. The normalized spacial score (nSPS) is 22.3. The summed E-state index contributed by atoms with van der Waals surface area (Å²) in [6.07, 6.45) is 12.0. The molecule has 2 aliphatic rings. The molecule has 2 amide bonds. The molecule has 1 aliphatic carbocycles. The van der Waals surface area contributed by atoms with Crippen molar-refractivity contribution in [2.24, 2.45) is 13.0 Å². The molecule has 7 heteroatoms. The highest BCUT2D eigenvalue weighted by Crippen LogP contribution is 2.27.